The number of hydrogen-bond acceptors (Lipinski definition) is 4. The Morgan fingerprint density at radius 1 is 1.36 bits per heavy atom. The number of carbonyl (C=O) groups excluding carboxylic acids is 1. The minimum absolute atomic E-state index is 0.115. The van der Waals surface area contributed by atoms with Gasteiger partial charge in [-0.05, 0) is 19.1 Å². The molecule has 0 aliphatic carbocycles. The van der Waals surface area contributed by atoms with Crippen LogP contribution in [0, 0.1) is 0 Å². The van der Waals surface area contributed by atoms with Crippen LogP contribution in [-0.2, 0) is 4.79 Å². The molecule has 2 rings (SSSR count). The molecule has 0 spiro atoms. The van der Waals surface area contributed by atoms with Crippen LogP contribution in [0.5, 0.6) is 0 Å². The minimum atomic E-state index is -0.431. The van der Waals surface area contributed by atoms with Gasteiger partial charge in [0.25, 0.3) is 0 Å². The van der Waals surface area contributed by atoms with E-state index >= 15 is 0 Å². The number of azo groups is 1. The molecule has 1 aromatic rings. The first-order chi connectivity index (χ1) is 6.77. The van der Waals surface area contributed by atoms with Crippen LogP contribution in [0.2, 0.25) is 0 Å². The van der Waals surface area contributed by atoms with Crippen LogP contribution in [0.15, 0.2) is 34.6 Å². The van der Waals surface area contributed by atoms with Gasteiger partial charge < -0.3 is 5.32 Å². The smallest absolute Gasteiger partial charge is 0.248 e. The number of carbonyl (C=O) groups is 1. The molecule has 72 valence electrons. The summed E-state index contributed by atoms with van der Waals surface area (Å²) >= 11 is 0. The average Bonchev–Trinajstić information content (AvgIpc) is 2.23. The molecule has 0 bridgehead atoms. The van der Waals surface area contributed by atoms with E-state index in [0.717, 1.165) is 0 Å². The summed E-state index contributed by atoms with van der Waals surface area (Å²) in [4.78, 5) is 15.4. The van der Waals surface area contributed by atoms with Crippen molar-refractivity contribution in [3.8, 4) is 0 Å². The van der Waals surface area contributed by atoms with Gasteiger partial charge in [-0.1, -0.05) is 6.07 Å². The summed E-state index contributed by atoms with van der Waals surface area (Å²) in [6.07, 6.45) is 1.23. The van der Waals surface area contributed by atoms with Crippen LogP contribution in [-0.4, -0.2) is 16.9 Å². The van der Waals surface area contributed by atoms with Gasteiger partial charge in [0.1, 0.15) is 6.04 Å². The van der Waals surface area contributed by atoms with E-state index in [1.807, 2.05) is 12.1 Å². The molecule has 0 aromatic carbocycles. The third-order valence-corrected chi connectivity index (χ3v) is 1.98. The Balaban J connectivity index is 2.22. The van der Waals surface area contributed by atoms with E-state index in [2.05, 4.69) is 20.5 Å². The Bertz CT molecular complexity index is 362. The summed E-state index contributed by atoms with van der Waals surface area (Å²) in [5, 5.41) is 10.5. The van der Waals surface area contributed by atoms with E-state index in [0.29, 0.717) is 5.69 Å². The Morgan fingerprint density at radius 3 is 2.86 bits per heavy atom. The highest BCUT2D eigenvalue weighted by Gasteiger charge is 2.23. The average molecular weight is 190 g/mol. The highest BCUT2D eigenvalue weighted by Crippen LogP contribution is 2.16. The molecule has 0 saturated carbocycles. The summed E-state index contributed by atoms with van der Waals surface area (Å²) < 4.78 is 0. The second-order valence-corrected chi connectivity index (χ2v) is 3.07. The molecule has 2 atom stereocenters. The van der Waals surface area contributed by atoms with Crippen LogP contribution < -0.4 is 5.32 Å². The predicted octanol–water partition coefficient (Wildman–Crippen LogP) is 1.05. The fraction of sp³-hybridized carbons (Fsp3) is 0.333. The van der Waals surface area contributed by atoms with Gasteiger partial charge >= 0.3 is 0 Å². The third kappa shape index (κ3) is 1.61. The van der Waals surface area contributed by atoms with Gasteiger partial charge in [-0.25, -0.2) is 0 Å². The molecule has 0 radical (unpaired) electrons. The minimum Gasteiger partial charge on any atom is -0.326 e. The Hall–Kier alpha value is -1.78. The summed E-state index contributed by atoms with van der Waals surface area (Å²) in [6, 6.07) is 5.07. The monoisotopic (exact) mass is 190 g/mol. The van der Waals surface area contributed by atoms with Crippen LogP contribution in [0.1, 0.15) is 18.8 Å². The molecule has 1 amide bonds. The molecule has 2 heterocycles. The lowest BCUT2D eigenvalue weighted by molar-refractivity contribution is -0.123. The number of aromatic nitrogens is 1. The van der Waals surface area contributed by atoms with Gasteiger partial charge in [0.2, 0.25) is 5.91 Å². The van der Waals surface area contributed by atoms with E-state index in [1.54, 1.807) is 19.2 Å². The van der Waals surface area contributed by atoms with Crippen molar-refractivity contribution < 1.29 is 4.79 Å². The van der Waals surface area contributed by atoms with E-state index < -0.39 is 12.2 Å². The normalized spacial score (nSPS) is 25.9. The zero-order valence-electron chi connectivity index (χ0n) is 7.71. The van der Waals surface area contributed by atoms with Gasteiger partial charge in [-0.3, -0.25) is 9.78 Å². The van der Waals surface area contributed by atoms with Crippen molar-refractivity contribution in [2.24, 2.45) is 10.2 Å². The maximum absolute atomic E-state index is 11.3. The Kier molecular flexibility index (Phi) is 2.22. The largest absolute Gasteiger partial charge is 0.326 e. The molecule has 5 nitrogen and oxygen atoms in total. The second kappa shape index (κ2) is 3.53. The van der Waals surface area contributed by atoms with E-state index in [-0.39, 0.29) is 5.91 Å². The summed E-state index contributed by atoms with van der Waals surface area (Å²) in [7, 11) is 0. The highest BCUT2D eigenvalue weighted by atomic mass is 16.2. The van der Waals surface area contributed by atoms with Gasteiger partial charge in [0, 0.05) is 6.20 Å². The lowest BCUT2D eigenvalue weighted by atomic mass is 10.2. The number of nitrogens with zero attached hydrogens (tertiary/aromatic N) is 3. The summed E-state index contributed by atoms with van der Waals surface area (Å²) in [6.45, 7) is 1.70. The van der Waals surface area contributed by atoms with Crippen molar-refractivity contribution in [3.05, 3.63) is 30.1 Å². The van der Waals surface area contributed by atoms with Gasteiger partial charge in [-0.15, -0.1) is 0 Å². The molecule has 2 unspecified atom stereocenters. The lowest BCUT2D eigenvalue weighted by Crippen LogP contribution is -2.37. The van der Waals surface area contributed by atoms with Gasteiger partial charge in [0.05, 0.1) is 5.69 Å². The quantitative estimate of drug-likeness (QED) is 0.719. The topological polar surface area (TPSA) is 66.7 Å². The van der Waals surface area contributed by atoms with Crippen molar-refractivity contribution in [3.63, 3.8) is 0 Å². The number of hydrogen-bond donors (Lipinski definition) is 1. The zero-order chi connectivity index (χ0) is 9.97. The molecule has 0 saturated heterocycles. The van der Waals surface area contributed by atoms with Crippen LogP contribution in [0.25, 0.3) is 0 Å². The molecule has 5 heteroatoms. The lowest BCUT2D eigenvalue weighted by Gasteiger charge is -2.19. The van der Waals surface area contributed by atoms with Crippen molar-refractivity contribution in [2.75, 3.05) is 0 Å². The standard InChI is InChI=1S/C9H10N4O/c1-6-9(14)11-8(13-12-6)7-4-2-3-5-10-7/h2-6,8H,1H3,(H,11,14). The maximum atomic E-state index is 11.3. The van der Waals surface area contributed by atoms with Crippen molar-refractivity contribution >= 4 is 5.91 Å². The SMILES string of the molecule is CC1N=NC(c2ccccn2)NC1=O. The van der Waals surface area contributed by atoms with Crippen molar-refractivity contribution in [1.82, 2.24) is 10.3 Å². The van der Waals surface area contributed by atoms with E-state index in [4.69, 9.17) is 0 Å². The summed E-state index contributed by atoms with van der Waals surface area (Å²) in [5.74, 6) is -0.115. The van der Waals surface area contributed by atoms with Crippen LogP contribution >= 0.6 is 0 Å². The molecule has 1 N–H and O–H groups in total. The van der Waals surface area contributed by atoms with Crippen molar-refractivity contribution in [2.45, 2.75) is 19.1 Å². The van der Waals surface area contributed by atoms with Crippen LogP contribution in [0.3, 0.4) is 0 Å². The maximum Gasteiger partial charge on any atom is 0.248 e. The summed E-state index contributed by atoms with van der Waals surface area (Å²) in [5.41, 5.74) is 0.705. The first-order valence-corrected chi connectivity index (χ1v) is 4.38. The van der Waals surface area contributed by atoms with E-state index in [9.17, 15) is 4.79 Å². The van der Waals surface area contributed by atoms with E-state index in [1.165, 1.54) is 0 Å². The first-order valence-electron chi connectivity index (χ1n) is 4.38. The van der Waals surface area contributed by atoms with Gasteiger partial charge in [-0.2, -0.15) is 10.2 Å². The second-order valence-electron chi connectivity index (χ2n) is 3.07. The molecule has 1 aliphatic rings. The molecule has 0 fully saturated rings. The Labute approximate surface area is 81.3 Å². The van der Waals surface area contributed by atoms with Gasteiger partial charge in [0.15, 0.2) is 6.17 Å². The molecule has 1 aliphatic heterocycles. The molecule has 14 heavy (non-hydrogen) atoms. The highest BCUT2D eigenvalue weighted by molar-refractivity contribution is 5.82. The molecular formula is C9H10N4O. The number of rotatable bonds is 1. The fourth-order valence-electron chi connectivity index (χ4n) is 1.17. The first kappa shape index (κ1) is 8.80. The number of amides is 1. The third-order valence-electron chi connectivity index (χ3n) is 1.98. The predicted molar refractivity (Wildman–Crippen MR) is 49.4 cm³/mol. The fourth-order valence-corrected chi connectivity index (χ4v) is 1.17. The molecule has 1 aromatic heterocycles. The van der Waals surface area contributed by atoms with Crippen molar-refractivity contribution in [1.29, 1.82) is 0 Å². The molecular weight excluding hydrogens is 180 g/mol. The Morgan fingerprint density at radius 2 is 2.21 bits per heavy atom. The zero-order valence-corrected chi connectivity index (χ0v) is 7.71. The number of nitrogens with one attached hydrogen (secondary N) is 1. The number of pyridine rings is 1. The van der Waals surface area contributed by atoms with Crippen LogP contribution in [0.4, 0.5) is 0 Å².